The first-order valence-electron chi connectivity index (χ1n) is 8.94. The van der Waals surface area contributed by atoms with Crippen molar-refractivity contribution >= 4 is 11.9 Å². The number of hydrogen-bond donors (Lipinski definition) is 2. The largest absolute Gasteiger partial charge is 0.466 e. The Morgan fingerprint density at radius 2 is 1.88 bits per heavy atom. The van der Waals surface area contributed by atoms with Gasteiger partial charge in [-0.3, -0.25) is 9.59 Å². The number of carbonyl (C=O) groups excluding carboxylic acids is 2. The fourth-order valence-corrected chi connectivity index (χ4v) is 4.10. The molecule has 2 aliphatic rings. The van der Waals surface area contributed by atoms with Crippen LogP contribution in [0, 0.1) is 23.7 Å². The van der Waals surface area contributed by atoms with Gasteiger partial charge in [-0.1, -0.05) is 42.5 Å². The van der Waals surface area contributed by atoms with Crippen molar-refractivity contribution in [2.75, 3.05) is 13.2 Å². The minimum atomic E-state index is -0.411. The summed E-state index contributed by atoms with van der Waals surface area (Å²) in [5.74, 6) is -1.10. The van der Waals surface area contributed by atoms with Gasteiger partial charge in [0.15, 0.2) is 0 Å². The van der Waals surface area contributed by atoms with E-state index < -0.39 is 11.8 Å². The van der Waals surface area contributed by atoms with Gasteiger partial charge >= 0.3 is 5.97 Å². The summed E-state index contributed by atoms with van der Waals surface area (Å²) in [5.41, 5.74) is 1.05. The molecular weight excluding hydrogens is 318 g/mol. The molecule has 0 radical (unpaired) electrons. The van der Waals surface area contributed by atoms with Crippen LogP contribution in [0.3, 0.4) is 0 Å². The van der Waals surface area contributed by atoms with Crippen LogP contribution in [-0.4, -0.2) is 36.2 Å². The Labute approximate surface area is 148 Å². The van der Waals surface area contributed by atoms with Gasteiger partial charge in [0.2, 0.25) is 5.91 Å². The molecule has 0 saturated heterocycles. The predicted molar refractivity (Wildman–Crippen MR) is 93.5 cm³/mol. The third-order valence-electron chi connectivity index (χ3n) is 5.21. The molecule has 1 aromatic carbocycles. The highest BCUT2D eigenvalue weighted by Crippen LogP contribution is 2.48. The van der Waals surface area contributed by atoms with Crippen LogP contribution in [0.1, 0.15) is 18.9 Å². The smallest absolute Gasteiger partial charge is 0.310 e. The molecule has 1 aromatic rings. The molecule has 0 spiro atoms. The SMILES string of the molecule is CCOC(=O)[C@@H]1[C@@H](C(=O)N[C@H](CO)Cc2ccccc2)[C@H]2C=C[C@@H]1C2. The fourth-order valence-electron chi connectivity index (χ4n) is 4.10. The molecule has 1 fully saturated rings. The topological polar surface area (TPSA) is 75.6 Å². The van der Waals surface area contributed by atoms with E-state index >= 15 is 0 Å². The first-order chi connectivity index (χ1) is 12.1. The summed E-state index contributed by atoms with van der Waals surface area (Å²) in [4.78, 5) is 25.2. The van der Waals surface area contributed by atoms with Crippen LogP contribution >= 0.6 is 0 Å². The number of carbonyl (C=O) groups is 2. The molecule has 0 heterocycles. The zero-order chi connectivity index (χ0) is 17.8. The normalized spacial score (nSPS) is 27.9. The first-order valence-corrected chi connectivity index (χ1v) is 8.94. The van der Waals surface area contributed by atoms with Gasteiger partial charge in [-0.15, -0.1) is 0 Å². The lowest BCUT2D eigenvalue weighted by molar-refractivity contribution is -0.153. The zero-order valence-electron chi connectivity index (χ0n) is 14.4. The molecule has 2 aliphatic carbocycles. The van der Waals surface area contributed by atoms with E-state index in [-0.39, 0.29) is 36.4 Å². The Morgan fingerprint density at radius 1 is 1.20 bits per heavy atom. The third-order valence-corrected chi connectivity index (χ3v) is 5.21. The third kappa shape index (κ3) is 3.76. The molecular formula is C20H25NO4. The van der Waals surface area contributed by atoms with E-state index in [0.29, 0.717) is 13.0 Å². The molecule has 5 heteroatoms. The second-order valence-corrected chi connectivity index (χ2v) is 6.83. The Hall–Kier alpha value is -2.14. The van der Waals surface area contributed by atoms with Crippen molar-refractivity contribution < 1.29 is 19.4 Å². The first kappa shape index (κ1) is 17.7. The molecule has 0 unspecified atom stereocenters. The van der Waals surface area contributed by atoms with Crippen molar-refractivity contribution in [1.82, 2.24) is 5.32 Å². The Kier molecular flexibility index (Phi) is 5.53. The molecule has 2 N–H and O–H groups in total. The van der Waals surface area contributed by atoms with Crippen LogP contribution in [0.2, 0.25) is 0 Å². The van der Waals surface area contributed by atoms with Gasteiger partial charge in [0.1, 0.15) is 0 Å². The maximum absolute atomic E-state index is 12.8. The van der Waals surface area contributed by atoms with Gasteiger partial charge in [0, 0.05) is 0 Å². The average molecular weight is 343 g/mol. The number of esters is 1. The van der Waals surface area contributed by atoms with E-state index in [1.807, 2.05) is 42.5 Å². The predicted octanol–water partition coefficient (Wildman–Crippen LogP) is 1.71. The summed E-state index contributed by atoms with van der Waals surface area (Å²) in [6.07, 6.45) is 5.45. The highest BCUT2D eigenvalue weighted by atomic mass is 16.5. The van der Waals surface area contributed by atoms with Gasteiger partial charge in [-0.25, -0.2) is 0 Å². The van der Waals surface area contributed by atoms with Gasteiger partial charge in [0.25, 0.3) is 0 Å². The number of benzene rings is 1. The number of aliphatic hydroxyl groups excluding tert-OH is 1. The maximum Gasteiger partial charge on any atom is 0.310 e. The van der Waals surface area contributed by atoms with Crippen molar-refractivity contribution in [1.29, 1.82) is 0 Å². The Morgan fingerprint density at radius 3 is 2.52 bits per heavy atom. The van der Waals surface area contributed by atoms with Crippen molar-refractivity contribution in [2.45, 2.75) is 25.8 Å². The van der Waals surface area contributed by atoms with E-state index in [1.165, 1.54) is 0 Å². The van der Waals surface area contributed by atoms with Crippen LogP contribution in [0.15, 0.2) is 42.5 Å². The number of fused-ring (bicyclic) bond motifs is 2. The number of ether oxygens (including phenoxy) is 1. The van der Waals surface area contributed by atoms with Crippen molar-refractivity contribution in [2.24, 2.45) is 23.7 Å². The van der Waals surface area contributed by atoms with E-state index in [0.717, 1.165) is 12.0 Å². The highest BCUT2D eigenvalue weighted by Gasteiger charge is 2.52. The molecule has 1 saturated carbocycles. The summed E-state index contributed by atoms with van der Waals surface area (Å²) in [6.45, 7) is 1.96. The maximum atomic E-state index is 12.8. The van der Waals surface area contributed by atoms with Crippen molar-refractivity contribution in [3.8, 4) is 0 Å². The lowest BCUT2D eigenvalue weighted by Crippen LogP contribution is -2.46. The van der Waals surface area contributed by atoms with Crippen molar-refractivity contribution in [3.63, 3.8) is 0 Å². The lowest BCUT2D eigenvalue weighted by atomic mass is 9.82. The van der Waals surface area contributed by atoms with Gasteiger partial charge < -0.3 is 15.2 Å². The van der Waals surface area contributed by atoms with Gasteiger partial charge in [-0.05, 0) is 37.2 Å². The number of aliphatic hydroxyl groups is 1. The minimum absolute atomic E-state index is 0.0791. The molecule has 5 atom stereocenters. The van der Waals surface area contributed by atoms with Crippen molar-refractivity contribution in [3.05, 3.63) is 48.0 Å². The number of allylic oxidation sites excluding steroid dienone is 2. The minimum Gasteiger partial charge on any atom is -0.466 e. The van der Waals surface area contributed by atoms with Crippen LogP contribution < -0.4 is 5.32 Å². The summed E-state index contributed by atoms with van der Waals surface area (Å²) in [7, 11) is 0. The molecule has 0 aromatic heterocycles. The summed E-state index contributed by atoms with van der Waals surface area (Å²) in [5, 5.41) is 12.6. The zero-order valence-corrected chi connectivity index (χ0v) is 14.4. The van der Waals surface area contributed by atoms with E-state index in [4.69, 9.17) is 4.74 Å². The van der Waals surface area contributed by atoms with Crippen LogP contribution in [0.5, 0.6) is 0 Å². The van der Waals surface area contributed by atoms with E-state index in [2.05, 4.69) is 5.32 Å². The van der Waals surface area contributed by atoms with E-state index in [1.54, 1.807) is 6.92 Å². The van der Waals surface area contributed by atoms with Crippen LogP contribution in [0.25, 0.3) is 0 Å². The standard InChI is InChI=1S/C20H25NO4/c1-2-25-20(24)18-15-9-8-14(11-15)17(18)19(23)21-16(12-22)10-13-6-4-3-5-7-13/h3-9,14-18,22H,2,10-12H2,1H3,(H,21,23)/t14-,15+,16-,17-,18-/m0/s1. The van der Waals surface area contributed by atoms with E-state index in [9.17, 15) is 14.7 Å². The fraction of sp³-hybridized carbons (Fsp3) is 0.500. The lowest BCUT2D eigenvalue weighted by Gasteiger charge is -2.27. The average Bonchev–Trinajstić information content (AvgIpc) is 3.23. The number of rotatable bonds is 7. The molecule has 25 heavy (non-hydrogen) atoms. The number of amides is 1. The summed E-state index contributed by atoms with van der Waals surface area (Å²) >= 11 is 0. The number of hydrogen-bond acceptors (Lipinski definition) is 4. The molecule has 2 bridgehead atoms. The van der Waals surface area contributed by atoms with Crippen LogP contribution in [0.4, 0.5) is 0 Å². The van der Waals surface area contributed by atoms with Gasteiger partial charge in [0.05, 0.1) is 31.1 Å². The summed E-state index contributed by atoms with van der Waals surface area (Å²) in [6, 6.07) is 9.38. The Balaban J connectivity index is 1.68. The molecule has 5 nitrogen and oxygen atoms in total. The Bertz CT molecular complexity index is 642. The molecule has 3 rings (SSSR count). The number of nitrogens with one attached hydrogen (secondary N) is 1. The second kappa shape index (κ2) is 7.83. The molecule has 1 amide bonds. The summed E-state index contributed by atoms with van der Waals surface area (Å²) < 4.78 is 5.18. The molecule has 0 aliphatic heterocycles. The van der Waals surface area contributed by atoms with Crippen LogP contribution in [-0.2, 0) is 20.7 Å². The van der Waals surface area contributed by atoms with Gasteiger partial charge in [-0.2, -0.15) is 0 Å². The molecule has 134 valence electrons. The quantitative estimate of drug-likeness (QED) is 0.584. The monoisotopic (exact) mass is 343 g/mol. The highest BCUT2D eigenvalue weighted by molar-refractivity contribution is 5.87. The second-order valence-electron chi connectivity index (χ2n) is 6.83.